The molecule has 0 fully saturated rings. The average molecular weight is 256 g/mol. The molecule has 18 heavy (non-hydrogen) atoms. The van der Waals surface area contributed by atoms with Crippen LogP contribution in [-0.2, 0) is 6.18 Å². The molecule has 0 aliphatic rings. The lowest BCUT2D eigenvalue weighted by Gasteiger charge is -2.14. The van der Waals surface area contributed by atoms with Crippen LogP contribution in [0.5, 0.6) is 0 Å². The van der Waals surface area contributed by atoms with Crippen LogP contribution in [0.1, 0.15) is 16.1 Å². The molecule has 2 N–H and O–H groups in total. The second-order valence-corrected chi connectivity index (χ2v) is 3.39. The number of primary amides is 1. The molecule has 0 unspecified atom stereocenters. The third kappa shape index (κ3) is 2.04. The van der Waals surface area contributed by atoms with Crippen molar-refractivity contribution in [3.05, 3.63) is 42.2 Å². The van der Waals surface area contributed by atoms with Crippen molar-refractivity contribution in [1.29, 1.82) is 0 Å². The standard InChI is InChI=1S/C10H7F3N4O/c11-10(12,13)6-1-2-16-7(9(14)18)8(6)17-4-3-15-5-17/h1-5H,(H2,14,18). The van der Waals surface area contributed by atoms with Crippen molar-refractivity contribution < 1.29 is 18.0 Å². The number of hydrogen-bond acceptors (Lipinski definition) is 3. The second-order valence-electron chi connectivity index (χ2n) is 3.39. The first-order valence-electron chi connectivity index (χ1n) is 4.75. The molecule has 2 rings (SSSR count). The van der Waals surface area contributed by atoms with Gasteiger partial charge in [0.05, 0.1) is 17.6 Å². The maximum Gasteiger partial charge on any atom is 0.418 e. The Morgan fingerprint density at radius 1 is 1.33 bits per heavy atom. The van der Waals surface area contributed by atoms with Crippen LogP contribution in [0.3, 0.4) is 0 Å². The number of carbonyl (C=O) groups excluding carboxylic acids is 1. The van der Waals surface area contributed by atoms with Crippen LogP contribution in [0.25, 0.3) is 5.69 Å². The van der Waals surface area contributed by atoms with Gasteiger partial charge in [0.2, 0.25) is 0 Å². The summed E-state index contributed by atoms with van der Waals surface area (Å²) in [6, 6.07) is 0.780. The Kier molecular flexibility index (Phi) is 2.77. The molecule has 8 heteroatoms. The zero-order chi connectivity index (χ0) is 13.3. The SMILES string of the molecule is NC(=O)c1nccc(C(F)(F)F)c1-n1ccnc1. The van der Waals surface area contributed by atoms with E-state index in [1.54, 1.807) is 0 Å². The van der Waals surface area contributed by atoms with Crippen molar-refractivity contribution in [2.45, 2.75) is 6.18 Å². The van der Waals surface area contributed by atoms with Gasteiger partial charge in [-0.25, -0.2) is 9.97 Å². The Hall–Kier alpha value is -2.38. The first-order chi connectivity index (χ1) is 8.41. The van der Waals surface area contributed by atoms with Gasteiger partial charge < -0.3 is 10.3 Å². The highest BCUT2D eigenvalue weighted by atomic mass is 19.4. The number of aromatic nitrogens is 3. The fourth-order valence-corrected chi connectivity index (χ4v) is 1.52. The van der Waals surface area contributed by atoms with Gasteiger partial charge in [-0.1, -0.05) is 0 Å². The summed E-state index contributed by atoms with van der Waals surface area (Å²) in [6.07, 6.45) is -0.0224. The van der Waals surface area contributed by atoms with Gasteiger partial charge >= 0.3 is 6.18 Å². The lowest BCUT2D eigenvalue weighted by atomic mass is 10.1. The van der Waals surface area contributed by atoms with E-state index in [1.165, 1.54) is 12.4 Å². The molecular formula is C10H7F3N4O. The fourth-order valence-electron chi connectivity index (χ4n) is 1.52. The summed E-state index contributed by atoms with van der Waals surface area (Å²) in [5.41, 5.74) is 3.16. The maximum absolute atomic E-state index is 12.9. The average Bonchev–Trinajstić information content (AvgIpc) is 2.79. The lowest BCUT2D eigenvalue weighted by Crippen LogP contribution is -2.20. The van der Waals surface area contributed by atoms with Crippen molar-refractivity contribution in [3.63, 3.8) is 0 Å². The fraction of sp³-hybridized carbons (Fsp3) is 0.100. The van der Waals surface area contributed by atoms with Crippen LogP contribution < -0.4 is 5.73 Å². The molecule has 0 atom stereocenters. The molecule has 0 aliphatic heterocycles. The number of halogens is 3. The van der Waals surface area contributed by atoms with E-state index in [2.05, 4.69) is 9.97 Å². The number of nitrogens with zero attached hydrogens (tertiary/aromatic N) is 3. The van der Waals surface area contributed by atoms with Gasteiger partial charge in [0.15, 0.2) is 5.69 Å². The van der Waals surface area contributed by atoms with E-state index >= 15 is 0 Å². The van der Waals surface area contributed by atoms with Crippen LogP contribution in [0, 0.1) is 0 Å². The number of nitrogens with two attached hydrogens (primary N) is 1. The third-order valence-corrected chi connectivity index (χ3v) is 2.23. The summed E-state index contributed by atoms with van der Waals surface area (Å²) in [6.45, 7) is 0. The minimum absolute atomic E-state index is 0.421. The van der Waals surface area contributed by atoms with Gasteiger partial charge in [-0.2, -0.15) is 13.2 Å². The van der Waals surface area contributed by atoms with Crippen molar-refractivity contribution in [2.75, 3.05) is 0 Å². The minimum atomic E-state index is -4.62. The number of rotatable bonds is 2. The molecule has 2 aromatic heterocycles. The molecule has 0 aromatic carbocycles. The summed E-state index contributed by atoms with van der Waals surface area (Å²) in [5.74, 6) is -1.04. The Bertz CT molecular complexity index is 577. The number of imidazole rings is 1. The van der Waals surface area contributed by atoms with E-state index in [9.17, 15) is 18.0 Å². The Labute approximate surface area is 99.1 Å². The highest BCUT2D eigenvalue weighted by Gasteiger charge is 2.36. The maximum atomic E-state index is 12.9. The van der Waals surface area contributed by atoms with Gasteiger partial charge in [-0.15, -0.1) is 0 Å². The number of pyridine rings is 1. The predicted molar refractivity (Wildman–Crippen MR) is 54.9 cm³/mol. The van der Waals surface area contributed by atoms with Gasteiger partial charge in [0, 0.05) is 18.6 Å². The molecular weight excluding hydrogens is 249 g/mol. The summed E-state index contributed by atoms with van der Waals surface area (Å²) in [5, 5.41) is 0. The van der Waals surface area contributed by atoms with Crippen molar-refractivity contribution in [2.24, 2.45) is 5.73 Å². The van der Waals surface area contributed by atoms with Crippen molar-refractivity contribution in [3.8, 4) is 5.69 Å². The second kappa shape index (κ2) is 4.13. The quantitative estimate of drug-likeness (QED) is 0.882. The molecule has 0 saturated carbocycles. The summed E-state index contributed by atoms with van der Waals surface area (Å²) < 4.78 is 39.7. The zero-order valence-electron chi connectivity index (χ0n) is 8.85. The minimum Gasteiger partial charge on any atom is -0.364 e. The van der Waals surface area contributed by atoms with Crippen LogP contribution in [-0.4, -0.2) is 20.4 Å². The monoisotopic (exact) mass is 256 g/mol. The van der Waals surface area contributed by atoms with Crippen LogP contribution >= 0.6 is 0 Å². The van der Waals surface area contributed by atoms with Gasteiger partial charge in [-0.3, -0.25) is 4.79 Å². The number of hydrogen-bond donors (Lipinski definition) is 1. The van der Waals surface area contributed by atoms with E-state index in [1.807, 2.05) is 0 Å². The van der Waals surface area contributed by atoms with E-state index in [0.717, 1.165) is 23.2 Å². The van der Waals surface area contributed by atoms with Crippen molar-refractivity contribution >= 4 is 5.91 Å². The van der Waals surface area contributed by atoms with E-state index in [-0.39, 0.29) is 0 Å². The molecule has 2 aromatic rings. The zero-order valence-corrected chi connectivity index (χ0v) is 8.85. The number of carbonyl (C=O) groups is 1. The van der Waals surface area contributed by atoms with Gasteiger partial charge in [0.25, 0.3) is 5.91 Å². The Morgan fingerprint density at radius 3 is 2.56 bits per heavy atom. The van der Waals surface area contributed by atoms with E-state index < -0.39 is 29.0 Å². The first kappa shape index (κ1) is 12.1. The molecule has 0 saturated heterocycles. The van der Waals surface area contributed by atoms with Gasteiger partial charge in [0.1, 0.15) is 0 Å². The molecule has 1 amide bonds. The Morgan fingerprint density at radius 2 is 2.06 bits per heavy atom. The summed E-state index contributed by atoms with van der Waals surface area (Å²) in [7, 11) is 0. The molecule has 0 radical (unpaired) electrons. The highest BCUT2D eigenvalue weighted by molar-refractivity contribution is 5.95. The summed E-state index contributed by atoms with van der Waals surface area (Å²) in [4.78, 5) is 18.4. The van der Waals surface area contributed by atoms with Crippen LogP contribution in [0.15, 0.2) is 31.0 Å². The molecule has 0 aliphatic carbocycles. The molecule has 5 nitrogen and oxygen atoms in total. The Balaban J connectivity index is 2.77. The van der Waals surface area contributed by atoms with Crippen LogP contribution in [0.4, 0.5) is 13.2 Å². The molecule has 0 bridgehead atoms. The van der Waals surface area contributed by atoms with E-state index in [0.29, 0.717) is 0 Å². The highest BCUT2D eigenvalue weighted by Crippen LogP contribution is 2.34. The molecule has 2 heterocycles. The molecule has 0 spiro atoms. The van der Waals surface area contributed by atoms with Gasteiger partial charge in [-0.05, 0) is 6.07 Å². The largest absolute Gasteiger partial charge is 0.418 e. The normalized spacial score (nSPS) is 11.5. The number of amides is 1. The smallest absolute Gasteiger partial charge is 0.364 e. The van der Waals surface area contributed by atoms with Crippen LogP contribution in [0.2, 0.25) is 0 Å². The summed E-state index contributed by atoms with van der Waals surface area (Å²) >= 11 is 0. The van der Waals surface area contributed by atoms with Crippen molar-refractivity contribution in [1.82, 2.24) is 14.5 Å². The first-order valence-corrected chi connectivity index (χ1v) is 4.75. The third-order valence-electron chi connectivity index (χ3n) is 2.23. The van der Waals surface area contributed by atoms with E-state index in [4.69, 9.17) is 5.73 Å². The topological polar surface area (TPSA) is 73.8 Å². The molecule has 94 valence electrons. The number of alkyl halides is 3. The lowest BCUT2D eigenvalue weighted by molar-refractivity contribution is -0.137. The predicted octanol–water partition coefficient (Wildman–Crippen LogP) is 1.38.